The summed E-state index contributed by atoms with van der Waals surface area (Å²) in [5, 5.41) is 6.46. The van der Waals surface area contributed by atoms with Crippen molar-refractivity contribution in [2.24, 2.45) is 5.10 Å². The zero-order valence-corrected chi connectivity index (χ0v) is 15.9. The number of ether oxygens (including phenoxy) is 2. The maximum absolute atomic E-state index is 12.8. The molecule has 0 radical (unpaired) electrons. The number of halogens is 2. The van der Waals surface area contributed by atoms with Crippen LogP contribution in [0.4, 0.5) is 5.69 Å². The summed E-state index contributed by atoms with van der Waals surface area (Å²) in [5.41, 5.74) is 2.35. The van der Waals surface area contributed by atoms with E-state index in [2.05, 4.69) is 5.10 Å². The van der Waals surface area contributed by atoms with Gasteiger partial charge in [-0.15, -0.1) is 0 Å². The maximum Gasteiger partial charge on any atom is 0.280 e. The summed E-state index contributed by atoms with van der Waals surface area (Å²) in [6.07, 6.45) is 1.76. The van der Waals surface area contributed by atoms with E-state index in [4.69, 9.17) is 32.7 Å². The van der Waals surface area contributed by atoms with Crippen LogP contribution < -0.4 is 14.5 Å². The van der Waals surface area contributed by atoms with Crippen LogP contribution in [0.3, 0.4) is 0 Å². The van der Waals surface area contributed by atoms with Crippen LogP contribution in [0.5, 0.6) is 11.5 Å². The minimum Gasteiger partial charge on any atom is -0.493 e. The molecule has 2 aromatic rings. The molecular weight excluding hydrogens is 375 g/mol. The lowest BCUT2D eigenvalue weighted by Gasteiger charge is -2.13. The summed E-state index contributed by atoms with van der Waals surface area (Å²) in [6, 6.07) is 10.3. The highest BCUT2D eigenvalue weighted by Crippen LogP contribution is 2.34. The fourth-order valence-electron chi connectivity index (χ4n) is 2.61. The van der Waals surface area contributed by atoms with Crippen molar-refractivity contribution in [3.8, 4) is 11.5 Å². The number of carbonyl (C=O) groups is 1. The molecule has 26 heavy (non-hydrogen) atoms. The quantitative estimate of drug-likeness (QED) is 0.703. The molecule has 134 valence electrons. The number of nitrogens with zero attached hydrogens (tertiary/aromatic N) is 2. The van der Waals surface area contributed by atoms with Crippen molar-refractivity contribution in [1.82, 2.24) is 0 Å². The lowest BCUT2D eigenvalue weighted by molar-refractivity contribution is -0.114. The molecule has 0 unspecified atom stereocenters. The Kier molecular flexibility index (Phi) is 5.20. The van der Waals surface area contributed by atoms with Gasteiger partial charge in [0.2, 0.25) is 0 Å². The molecule has 1 amide bonds. The van der Waals surface area contributed by atoms with Gasteiger partial charge in [0, 0.05) is 5.02 Å². The second-order valence-corrected chi connectivity index (χ2v) is 6.41. The minimum atomic E-state index is -0.262. The van der Waals surface area contributed by atoms with Crippen LogP contribution in [0.2, 0.25) is 10.0 Å². The predicted molar refractivity (Wildman–Crippen MR) is 105 cm³/mol. The van der Waals surface area contributed by atoms with Gasteiger partial charge in [-0.1, -0.05) is 29.3 Å². The third kappa shape index (κ3) is 3.41. The van der Waals surface area contributed by atoms with E-state index in [0.29, 0.717) is 38.5 Å². The van der Waals surface area contributed by atoms with Gasteiger partial charge in [-0.25, -0.2) is 0 Å². The Labute approximate surface area is 161 Å². The fraction of sp³-hybridized carbons (Fsp3) is 0.158. The summed E-state index contributed by atoms with van der Waals surface area (Å²) in [6.45, 7) is 1.77. The molecule has 0 aliphatic carbocycles. The van der Waals surface area contributed by atoms with Crippen molar-refractivity contribution in [3.63, 3.8) is 0 Å². The molecule has 1 heterocycles. The van der Waals surface area contributed by atoms with E-state index < -0.39 is 0 Å². The van der Waals surface area contributed by atoms with Gasteiger partial charge in [0.25, 0.3) is 5.91 Å². The van der Waals surface area contributed by atoms with Crippen LogP contribution >= 0.6 is 23.2 Å². The number of benzene rings is 2. The van der Waals surface area contributed by atoms with Crippen LogP contribution in [0.15, 0.2) is 47.1 Å². The molecule has 7 heteroatoms. The molecule has 0 bridgehead atoms. The average molecular weight is 391 g/mol. The normalized spacial score (nSPS) is 15.4. The first kappa shape index (κ1) is 18.3. The zero-order chi connectivity index (χ0) is 18.8. The third-order valence-electron chi connectivity index (χ3n) is 3.92. The van der Waals surface area contributed by atoms with Gasteiger partial charge in [0.15, 0.2) is 11.5 Å². The minimum absolute atomic E-state index is 0.262. The van der Waals surface area contributed by atoms with E-state index in [1.807, 2.05) is 6.07 Å². The molecule has 0 saturated carbocycles. The lowest BCUT2D eigenvalue weighted by Crippen LogP contribution is -2.21. The Balaban J connectivity index is 1.96. The first-order valence-electron chi connectivity index (χ1n) is 7.73. The topological polar surface area (TPSA) is 51.1 Å². The molecular formula is C19H16Cl2N2O3. The van der Waals surface area contributed by atoms with Gasteiger partial charge in [0.05, 0.1) is 36.2 Å². The molecule has 3 rings (SSSR count). The first-order chi connectivity index (χ1) is 12.4. The molecule has 0 spiro atoms. The van der Waals surface area contributed by atoms with E-state index in [1.54, 1.807) is 57.6 Å². The van der Waals surface area contributed by atoms with Gasteiger partial charge in [-0.3, -0.25) is 4.79 Å². The first-order valence-corrected chi connectivity index (χ1v) is 8.49. The molecule has 5 nitrogen and oxygen atoms in total. The molecule has 1 aliphatic heterocycles. The highest BCUT2D eigenvalue weighted by atomic mass is 35.5. The van der Waals surface area contributed by atoms with E-state index in [1.165, 1.54) is 5.01 Å². The third-order valence-corrected chi connectivity index (χ3v) is 4.46. The SMILES string of the molecule is COc1ccc(/C=C2\C(=O)N(c3ccc(Cl)cc3Cl)N=C2C)cc1OC. The highest BCUT2D eigenvalue weighted by molar-refractivity contribution is 6.38. The number of rotatable bonds is 4. The largest absolute Gasteiger partial charge is 0.493 e. The van der Waals surface area contributed by atoms with Crippen LogP contribution in [0.1, 0.15) is 12.5 Å². The molecule has 0 aromatic heterocycles. The van der Waals surface area contributed by atoms with Crippen molar-refractivity contribution in [3.05, 3.63) is 57.6 Å². The van der Waals surface area contributed by atoms with Gasteiger partial charge in [0.1, 0.15) is 0 Å². The van der Waals surface area contributed by atoms with Crippen LogP contribution in [-0.4, -0.2) is 25.8 Å². The van der Waals surface area contributed by atoms with Crippen molar-refractivity contribution < 1.29 is 14.3 Å². The van der Waals surface area contributed by atoms with Crippen molar-refractivity contribution >= 4 is 46.6 Å². The Morgan fingerprint density at radius 3 is 2.42 bits per heavy atom. The number of anilines is 1. The molecule has 0 saturated heterocycles. The van der Waals surface area contributed by atoms with Crippen molar-refractivity contribution in [2.45, 2.75) is 6.92 Å². The number of amides is 1. The average Bonchev–Trinajstić information content (AvgIpc) is 2.89. The van der Waals surface area contributed by atoms with Crippen LogP contribution in [0, 0.1) is 0 Å². The molecule has 2 aromatic carbocycles. The summed E-state index contributed by atoms with van der Waals surface area (Å²) < 4.78 is 10.5. The Bertz CT molecular complexity index is 938. The molecule has 1 aliphatic rings. The lowest BCUT2D eigenvalue weighted by atomic mass is 10.1. The zero-order valence-electron chi connectivity index (χ0n) is 14.4. The number of hydrogen-bond donors (Lipinski definition) is 0. The van der Waals surface area contributed by atoms with Gasteiger partial charge < -0.3 is 9.47 Å². The molecule has 0 fully saturated rings. The maximum atomic E-state index is 12.8. The summed E-state index contributed by atoms with van der Waals surface area (Å²) in [7, 11) is 3.13. The second kappa shape index (κ2) is 7.40. The number of hydrazone groups is 1. The number of hydrogen-bond acceptors (Lipinski definition) is 4. The van der Waals surface area contributed by atoms with Gasteiger partial charge in [-0.05, 0) is 48.9 Å². The van der Waals surface area contributed by atoms with Crippen LogP contribution in [-0.2, 0) is 4.79 Å². The Morgan fingerprint density at radius 1 is 1.04 bits per heavy atom. The van der Waals surface area contributed by atoms with Crippen molar-refractivity contribution in [1.29, 1.82) is 0 Å². The summed E-state index contributed by atoms with van der Waals surface area (Å²) in [4.78, 5) is 12.8. The van der Waals surface area contributed by atoms with Gasteiger partial charge >= 0.3 is 0 Å². The number of methoxy groups -OCH3 is 2. The van der Waals surface area contributed by atoms with Crippen LogP contribution in [0.25, 0.3) is 6.08 Å². The predicted octanol–water partition coefficient (Wildman–Crippen LogP) is 4.82. The Hall–Kier alpha value is -2.50. The Morgan fingerprint density at radius 2 is 1.77 bits per heavy atom. The fourth-order valence-corrected chi connectivity index (χ4v) is 3.10. The second-order valence-electron chi connectivity index (χ2n) is 5.57. The smallest absolute Gasteiger partial charge is 0.280 e. The van der Waals surface area contributed by atoms with Crippen molar-refractivity contribution in [2.75, 3.05) is 19.2 Å². The standard InChI is InChI=1S/C19H16Cl2N2O3/c1-11-14(8-12-4-7-17(25-2)18(9-12)26-3)19(24)23(22-11)16-6-5-13(20)10-15(16)21/h4-10H,1-3H3/b14-8-. The van der Waals surface area contributed by atoms with Gasteiger partial charge in [-0.2, -0.15) is 10.1 Å². The molecule has 0 N–H and O–H groups in total. The summed E-state index contributed by atoms with van der Waals surface area (Å²) in [5.74, 6) is 0.938. The number of carbonyl (C=O) groups excluding carboxylic acids is 1. The van der Waals surface area contributed by atoms with E-state index >= 15 is 0 Å². The molecule has 0 atom stereocenters. The van der Waals surface area contributed by atoms with E-state index in [9.17, 15) is 4.79 Å². The van der Waals surface area contributed by atoms with E-state index in [0.717, 1.165) is 5.56 Å². The highest BCUT2D eigenvalue weighted by Gasteiger charge is 2.30. The monoisotopic (exact) mass is 390 g/mol. The summed E-state index contributed by atoms with van der Waals surface area (Å²) >= 11 is 12.1. The van der Waals surface area contributed by atoms with E-state index in [-0.39, 0.29) is 5.91 Å².